The standard InChI is InChI=1S/C20H19N3O6S/c1-12(2)10-21-18(24)11-22-19(25)17(30-20(22)26)9-13-7-8-16(29-13)14-5-3-4-6-15(14)23(27)28/h3-9,12H,10-11H2,1-2H3,(H,21,24)/b17-9-. The van der Waals surface area contributed by atoms with E-state index < -0.39 is 22.0 Å². The normalized spacial score (nSPS) is 15.3. The molecule has 10 heteroatoms. The summed E-state index contributed by atoms with van der Waals surface area (Å²) in [5.41, 5.74) is 0.197. The van der Waals surface area contributed by atoms with Crippen molar-refractivity contribution in [3.8, 4) is 11.3 Å². The first-order chi connectivity index (χ1) is 14.3. The van der Waals surface area contributed by atoms with Crippen LogP contribution in [0.4, 0.5) is 10.5 Å². The molecule has 1 aromatic carbocycles. The van der Waals surface area contributed by atoms with Crippen LogP contribution in [0.15, 0.2) is 45.7 Å². The first kappa shape index (κ1) is 21.3. The van der Waals surface area contributed by atoms with Crippen molar-refractivity contribution in [3.63, 3.8) is 0 Å². The minimum atomic E-state index is -0.590. The lowest BCUT2D eigenvalue weighted by Gasteiger charge is -2.13. The van der Waals surface area contributed by atoms with Crippen molar-refractivity contribution >= 4 is 40.6 Å². The molecule has 0 unspecified atom stereocenters. The molecule has 0 aliphatic carbocycles. The van der Waals surface area contributed by atoms with Gasteiger partial charge in [-0.3, -0.25) is 29.4 Å². The molecule has 2 aromatic rings. The maximum absolute atomic E-state index is 12.5. The predicted molar refractivity (Wildman–Crippen MR) is 111 cm³/mol. The Labute approximate surface area is 176 Å². The summed E-state index contributed by atoms with van der Waals surface area (Å²) >= 11 is 0.706. The zero-order chi connectivity index (χ0) is 21.8. The summed E-state index contributed by atoms with van der Waals surface area (Å²) in [7, 11) is 0. The third-order valence-corrected chi connectivity index (χ3v) is 5.06. The third kappa shape index (κ3) is 4.77. The van der Waals surface area contributed by atoms with Crippen molar-refractivity contribution < 1.29 is 23.7 Å². The Morgan fingerprint density at radius 3 is 2.70 bits per heavy atom. The molecule has 1 aromatic heterocycles. The molecule has 30 heavy (non-hydrogen) atoms. The molecule has 0 radical (unpaired) electrons. The molecule has 0 spiro atoms. The number of nitrogens with zero attached hydrogens (tertiary/aromatic N) is 2. The van der Waals surface area contributed by atoms with Crippen LogP contribution in [-0.4, -0.2) is 40.0 Å². The number of hydrogen-bond acceptors (Lipinski definition) is 7. The summed E-state index contributed by atoms with van der Waals surface area (Å²) in [6.45, 7) is 3.97. The topological polar surface area (TPSA) is 123 Å². The van der Waals surface area contributed by atoms with E-state index in [-0.39, 0.29) is 34.6 Å². The van der Waals surface area contributed by atoms with Gasteiger partial charge >= 0.3 is 0 Å². The number of amides is 3. The molecule has 1 aliphatic rings. The van der Waals surface area contributed by atoms with Crippen molar-refractivity contribution in [2.24, 2.45) is 5.92 Å². The lowest BCUT2D eigenvalue weighted by Crippen LogP contribution is -2.40. The highest BCUT2D eigenvalue weighted by atomic mass is 32.2. The Hall–Kier alpha value is -3.40. The van der Waals surface area contributed by atoms with Crippen LogP contribution >= 0.6 is 11.8 Å². The van der Waals surface area contributed by atoms with Crippen molar-refractivity contribution in [3.05, 3.63) is 57.2 Å². The average molecular weight is 429 g/mol. The number of carbonyl (C=O) groups excluding carboxylic acids is 3. The van der Waals surface area contributed by atoms with Gasteiger partial charge in [0.1, 0.15) is 18.1 Å². The largest absolute Gasteiger partial charge is 0.456 e. The van der Waals surface area contributed by atoms with Gasteiger partial charge in [-0.05, 0) is 35.9 Å². The van der Waals surface area contributed by atoms with Gasteiger partial charge in [-0.15, -0.1) is 0 Å². The molecular weight excluding hydrogens is 410 g/mol. The van der Waals surface area contributed by atoms with Gasteiger partial charge < -0.3 is 9.73 Å². The van der Waals surface area contributed by atoms with Crippen molar-refractivity contribution in [2.45, 2.75) is 13.8 Å². The summed E-state index contributed by atoms with van der Waals surface area (Å²) in [5.74, 6) is -0.228. The maximum atomic E-state index is 12.5. The van der Waals surface area contributed by atoms with E-state index in [0.29, 0.717) is 23.9 Å². The Bertz CT molecular complexity index is 1040. The summed E-state index contributed by atoms with van der Waals surface area (Å²) in [5, 5.41) is 13.3. The molecule has 156 valence electrons. The zero-order valence-corrected chi connectivity index (χ0v) is 17.1. The van der Waals surface area contributed by atoms with Gasteiger partial charge in [-0.1, -0.05) is 26.0 Å². The Balaban J connectivity index is 1.76. The molecule has 0 saturated carbocycles. The molecule has 3 amide bonds. The second-order valence-corrected chi connectivity index (χ2v) is 7.94. The van der Waals surface area contributed by atoms with E-state index in [1.165, 1.54) is 12.1 Å². The molecule has 1 aliphatic heterocycles. The highest BCUT2D eigenvalue weighted by Crippen LogP contribution is 2.35. The van der Waals surface area contributed by atoms with Crippen molar-refractivity contribution in [1.29, 1.82) is 0 Å². The number of nitrogens with one attached hydrogen (secondary N) is 1. The Morgan fingerprint density at radius 2 is 2.00 bits per heavy atom. The number of furan rings is 1. The molecule has 0 bridgehead atoms. The van der Waals surface area contributed by atoms with E-state index in [1.807, 2.05) is 13.8 Å². The number of nitro benzene ring substituents is 1. The van der Waals surface area contributed by atoms with Gasteiger partial charge in [0.2, 0.25) is 5.91 Å². The number of thioether (sulfide) groups is 1. The highest BCUT2D eigenvalue weighted by molar-refractivity contribution is 8.18. The van der Waals surface area contributed by atoms with E-state index in [0.717, 1.165) is 4.90 Å². The summed E-state index contributed by atoms with van der Waals surface area (Å²) in [6, 6.07) is 9.24. The second-order valence-electron chi connectivity index (χ2n) is 6.94. The van der Waals surface area contributed by atoms with Crippen LogP contribution in [0.25, 0.3) is 17.4 Å². The lowest BCUT2D eigenvalue weighted by molar-refractivity contribution is -0.384. The summed E-state index contributed by atoms with van der Waals surface area (Å²) < 4.78 is 5.63. The van der Waals surface area contributed by atoms with Crippen LogP contribution in [0, 0.1) is 16.0 Å². The Kier molecular flexibility index (Phi) is 6.36. The number of hydrogen-bond donors (Lipinski definition) is 1. The average Bonchev–Trinajstić information content (AvgIpc) is 3.27. The molecule has 0 atom stereocenters. The number of nitro groups is 1. The van der Waals surface area contributed by atoms with Crippen LogP contribution in [0.5, 0.6) is 0 Å². The van der Waals surface area contributed by atoms with E-state index in [9.17, 15) is 24.5 Å². The van der Waals surface area contributed by atoms with Crippen LogP contribution in [-0.2, 0) is 9.59 Å². The van der Waals surface area contributed by atoms with Gasteiger partial charge in [0, 0.05) is 18.7 Å². The summed E-state index contributed by atoms with van der Waals surface area (Å²) in [4.78, 5) is 48.3. The van der Waals surface area contributed by atoms with Crippen molar-refractivity contribution in [1.82, 2.24) is 10.2 Å². The number of benzene rings is 1. The van der Waals surface area contributed by atoms with E-state index in [1.54, 1.807) is 30.3 Å². The highest BCUT2D eigenvalue weighted by Gasteiger charge is 2.36. The fourth-order valence-electron chi connectivity index (χ4n) is 2.70. The number of carbonyl (C=O) groups is 3. The molecule has 1 fully saturated rings. The fourth-order valence-corrected chi connectivity index (χ4v) is 3.52. The van der Waals surface area contributed by atoms with Gasteiger partial charge in [0.05, 0.1) is 15.4 Å². The minimum Gasteiger partial charge on any atom is -0.456 e. The van der Waals surface area contributed by atoms with E-state index >= 15 is 0 Å². The minimum absolute atomic E-state index is 0.105. The molecule has 3 rings (SSSR count). The number of para-hydroxylation sites is 1. The van der Waals surface area contributed by atoms with Gasteiger partial charge in [-0.25, -0.2) is 0 Å². The smallest absolute Gasteiger partial charge is 0.294 e. The van der Waals surface area contributed by atoms with Crippen LogP contribution in [0.3, 0.4) is 0 Å². The van der Waals surface area contributed by atoms with E-state index in [2.05, 4.69) is 5.32 Å². The van der Waals surface area contributed by atoms with Crippen molar-refractivity contribution in [2.75, 3.05) is 13.1 Å². The van der Waals surface area contributed by atoms with Gasteiger partial charge in [-0.2, -0.15) is 0 Å². The molecular formula is C20H19N3O6S. The quantitative estimate of drug-likeness (QED) is 0.405. The SMILES string of the molecule is CC(C)CNC(=O)CN1C(=O)S/C(=C\c2ccc(-c3ccccc3[N+](=O)[O-])o2)C1=O. The number of rotatable bonds is 7. The Morgan fingerprint density at radius 1 is 1.27 bits per heavy atom. The first-order valence-electron chi connectivity index (χ1n) is 9.12. The summed E-state index contributed by atoms with van der Waals surface area (Å²) in [6.07, 6.45) is 1.38. The van der Waals surface area contributed by atoms with E-state index in [4.69, 9.17) is 4.42 Å². The van der Waals surface area contributed by atoms with Gasteiger partial charge in [0.25, 0.3) is 16.8 Å². The number of imide groups is 1. The predicted octanol–water partition coefficient (Wildman–Crippen LogP) is 3.66. The van der Waals surface area contributed by atoms with Crippen LogP contribution in [0.1, 0.15) is 19.6 Å². The monoisotopic (exact) mass is 429 g/mol. The maximum Gasteiger partial charge on any atom is 0.294 e. The van der Waals surface area contributed by atoms with Gasteiger partial charge in [0.15, 0.2) is 0 Å². The van der Waals surface area contributed by atoms with Crippen LogP contribution in [0.2, 0.25) is 0 Å². The second kappa shape index (κ2) is 8.95. The first-order valence-corrected chi connectivity index (χ1v) is 9.93. The zero-order valence-electron chi connectivity index (χ0n) is 16.3. The fraction of sp³-hybridized carbons (Fsp3) is 0.250. The third-order valence-electron chi connectivity index (χ3n) is 4.15. The molecule has 1 N–H and O–H groups in total. The van der Waals surface area contributed by atoms with Crippen LogP contribution < -0.4 is 5.32 Å². The molecule has 2 heterocycles. The lowest BCUT2D eigenvalue weighted by atomic mass is 10.1. The molecule has 1 saturated heterocycles. The molecule has 9 nitrogen and oxygen atoms in total.